The largest absolute Gasteiger partial charge is 0.462 e. The van der Waals surface area contributed by atoms with Gasteiger partial charge in [-0.3, -0.25) is 4.79 Å². The van der Waals surface area contributed by atoms with Gasteiger partial charge in [0.05, 0.1) is 5.41 Å². The molecule has 0 heterocycles. The van der Waals surface area contributed by atoms with Crippen molar-refractivity contribution in [3.05, 3.63) is 0 Å². The first-order valence-corrected chi connectivity index (χ1v) is 8.57. The molecule has 20 heavy (non-hydrogen) atoms. The second-order valence-electron chi connectivity index (χ2n) is 6.84. The molecule has 0 N–H and O–H groups in total. The zero-order valence-electron chi connectivity index (χ0n) is 14.8. The lowest BCUT2D eigenvalue weighted by atomic mass is 9.73. The molecule has 0 radical (unpaired) electrons. The van der Waals surface area contributed by atoms with E-state index in [9.17, 15) is 4.79 Å². The van der Waals surface area contributed by atoms with E-state index in [0.717, 1.165) is 19.3 Å². The fraction of sp³-hybridized carbons (Fsp3) is 0.944. The van der Waals surface area contributed by atoms with E-state index in [0.29, 0.717) is 11.8 Å². The van der Waals surface area contributed by atoms with Crippen molar-refractivity contribution >= 4 is 5.97 Å². The van der Waals surface area contributed by atoms with Crippen LogP contribution in [0.4, 0.5) is 0 Å². The summed E-state index contributed by atoms with van der Waals surface area (Å²) in [5.74, 6) is 0.880. The molecule has 2 heteroatoms. The first-order chi connectivity index (χ1) is 9.36. The summed E-state index contributed by atoms with van der Waals surface area (Å²) in [6, 6.07) is 0. The lowest BCUT2D eigenvalue weighted by molar-refractivity contribution is -0.166. The van der Waals surface area contributed by atoms with Crippen molar-refractivity contribution in [2.75, 3.05) is 0 Å². The van der Waals surface area contributed by atoms with Gasteiger partial charge in [-0.1, -0.05) is 48.0 Å². The number of esters is 1. The monoisotopic (exact) mass is 284 g/mol. The Morgan fingerprint density at radius 2 is 1.60 bits per heavy atom. The van der Waals surface area contributed by atoms with Crippen molar-refractivity contribution in [1.29, 1.82) is 0 Å². The molecular weight excluding hydrogens is 248 g/mol. The van der Waals surface area contributed by atoms with Gasteiger partial charge in [0.1, 0.15) is 6.10 Å². The van der Waals surface area contributed by atoms with Gasteiger partial charge >= 0.3 is 5.97 Å². The molecule has 0 aromatic carbocycles. The molecule has 1 aliphatic rings. The molecule has 0 amide bonds. The topological polar surface area (TPSA) is 26.3 Å². The normalized spacial score (nSPS) is 19.2. The van der Waals surface area contributed by atoms with Gasteiger partial charge in [0.15, 0.2) is 0 Å². The summed E-state index contributed by atoms with van der Waals surface area (Å²) in [4.78, 5) is 12.5. The highest BCUT2D eigenvalue weighted by Gasteiger charge is 2.39. The molecule has 0 spiro atoms. The standard InChI is InChI=1S/C16H30O2.C2H6/c1-12(2)11-16(5,13(3)4)15(17)18-14-9-7-6-8-10-14;1-2/h12-14H,6-11H2,1-5H3;1-2H3. The lowest BCUT2D eigenvalue weighted by Gasteiger charge is -2.35. The Morgan fingerprint density at radius 1 is 1.10 bits per heavy atom. The molecule has 1 saturated carbocycles. The van der Waals surface area contributed by atoms with Crippen LogP contribution in [0.2, 0.25) is 0 Å². The summed E-state index contributed by atoms with van der Waals surface area (Å²) in [7, 11) is 0. The summed E-state index contributed by atoms with van der Waals surface area (Å²) in [5, 5.41) is 0. The van der Waals surface area contributed by atoms with Gasteiger partial charge in [-0.2, -0.15) is 0 Å². The fourth-order valence-electron chi connectivity index (χ4n) is 2.87. The number of hydrogen-bond donors (Lipinski definition) is 0. The quantitative estimate of drug-likeness (QED) is 0.614. The fourth-order valence-corrected chi connectivity index (χ4v) is 2.87. The summed E-state index contributed by atoms with van der Waals surface area (Å²) in [5.41, 5.74) is -0.328. The van der Waals surface area contributed by atoms with E-state index in [4.69, 9.17) is 4.74 Å². The van der Waals surface area contributed by atoms with Crippen LogP contribution < -0.4 is 0 Å². The van der Waals surface area contributed by atoms with Gasteiger partial charge in [-0.25, -0.2) is 0 Å². The van der Waals surface area contributed by atoms with E-state index >= 15 is 0 Å². The van der Waals surface area contributed by atoms with Crippen LogP contribution in [0.3, 0.4) is 0 Å². The SMILES string of the molecule is CC.CC(C)CC(C)(C(=O)OC1CCCCC1)C(C)C. The van der Waals surface area contributed by atoms with Crippen LogP contribution in [-0.4, -0.2) is 12.1 Å². The van der Waals surface area contributed by atoms with Gasteiger partial charge in [-0.15, -0.1) is 0 Å². The van der Waals surface area contributed by atoms with Gasteiger partial charge in [0, 0.05) is 0 Å². The van der Waals surface area contributed by atoms with E-state index < -0.39 is 0 Å². The summed E-state index contributed by atoms with van der Waals surface area (Å²) in [6.07, 6.45) is 6.92. The maximum atomic E-state index is 12.5. The van der Waals surface area contributed by atoms with Crippen LogP contribution >= 0.6 is 0 Å². The Kier molecular flexibility index (Phi) is 9.16. The Morgan fingerprint density at radius 3 is 2.00 bits per heavy atom. The third-order valence-corrected chi connectivity index (χ3v) is 4.40. The minimum Gasteiger partial charge on any atom is -0.462 e. The highest BCUT2D eigenvalue weighted by atomic mass is 16.5. The van der Waals surface area contributed by atoms with Crippen molar-refractivity contribution in [1.82, 2.24) is 0 Å². The molecule has 2 nitrogen and oxygen atoms in total. The van der Waals surface area contributed by atoms with E-state index in [1.54, 1.807) is 0 Å². The molecule has 0 aromatic heterocycles. The van der Waals surface area contributed by atoms with Crippen molar-refractivity contribution < 1.29 is 9.53 Å². The van der Waals surface area contributed by atoms with E-state index in [2.05, 4.69) is 34.6 Å². The number of ether oxygens (including phenoxy) is 1. The van der Waals surface area contributed by atoms with Crippen molar-refractivity contribution in [2.45, 2.75) is 93.1 Å². The van der Waals surface area contributed by atoms with Crippen LogP contribution in [0, 0.1) is 17.3 Å². The molecule has 1 unspecified atom stereocenters. The Bertz CT molecular complexity index is 265. The third kappa shape index (κ3) is 5.85. The third-order valence-electron chi connectivity index (χ3n) is 4.40. The first kappa shape index (κ1) is 19.5. The Hall–Kier alpha value is -0.530. The second-order valence-corrected chi connectivity index (χ2v) is 6.84. The van der Waals surface area contributed by atoms with Crippen LogP contribution in [0.1, 0.15) is 87.0 Å². The van der Waals surface area contributed by atoms with Crippen molar-refractivity contribution in [2.24, 2.45) is 17.3 Å². The molecule has 1 atom stereocenters. The smallest absolute Gasteiger partial charge is 0.312 e. The van der Waals surface area contributed by atoms with Crippen LogP contribution in [0.5, 0.6) is 0 Å². The van der Waals surface area contributed by atoms with Gasteiger partial charge in [-0.05, 0) is 50.9 Å². The second kappa shape index (κ2) is 9.41. The number of hydrogen-bond acceptors (Lipinski definition) is 2. The maximum Gasteiger partial charge on any atom is 0.312 e. The number of carbonyl (C=O) groups is 1. The predicted octanol–water partition coefficient (Wildman–Crippen LogP) is 5.60. The summed E-state index contributed by atoms with van der Waals surface area (Å²) < 4.78 is 5.78. The molecule has 0 saturated heterocycles. The van der Waals surface area contributed by atoms with E-state index in [1.807, 2.05) is 13.8 Å². The van der Waals surface area contributed by atoms with Gasteiger partial charge in [0.25, 0.3) is 0 Å². The molecule has 0 aromatic rings. The average molecular weight is 284 g/mol. The van der Waals surface area contributed by atoms with E-state index in [1.165, 1.54) is 19.3 Å². The van der Waals surface area contributed by atoms with Crippen LogP contribution in [0.25, 0.3) is 0 Å². The van der Waals surface area contributed by atoms with Crippen molar-refractivity contribution in [3.8, 4) is 0 Å². The minimum atomic E-state index is -0.328. The first-order valence-electron chi connectivity index (χ1n) is 8.57. The Labute approximate surface area is 126 Å². The molecule has 0 bridgehead atoms. The highest BCUT2D eigenvalue weighted by Crippen LogP contribution is 2.36. The molecule has 0 aliphatic heterocycles. The lowest BCUT2D eigenvalue weighted by Crippen LogP contribution is -2.38. The van der Waals surface area contributed by atoms with E-state index in [-0.39, 0.29) is 17.5 Å². The minimum absolute atomic E-state index is 0.0260. The average Bonchev–Trinajstić information content (AvgIpc) is 2.41. The summed E-state index contributed by atoms with van der Waals surface area (Å²) in [6.45, 7) is 14.7. The predicted molar refractivity (Wildman–Crippen MR) is 86.7 cm³/mol. The number of rotatable bonds is 5. The van der Waals surface area contributed by atoms with Crippen LogP contribution in [0.15, 0.2) is 0 Å². The summed E-state index contributed by atoms with van der Waals surface area (Å²) >= 11 is 0. The Balaban J connectivity index is 0.00000172. The zero-order valence-corrected chi connectivity index (χ0v) is 14.8. The maximum absolute atomic E-state index is 12.5. The highest BCUT2D eigenvalue weighted by molar-refractivity contribution is 5.76. The number of carbonyl (C=O) groups excluding carboxylic acids is 1. The molecule has 120 valence electrons. The molecular formula is C18H36O2. The molecule has 1 aliphatic carbocycles. The van der Waals surface area contributed by atoms with Crippen LogP contribution in [-0.2, 0) is 9.53 Å². The molecule has 1 rings (SSSR count). The zero-order chi connectivity index (χ0) is 15.8. The van der Waals surface area contributed by atoms with Crippen molar-refractivity contribution in [3.63, 3.8) is 0 Å². The van der Waals surface area contributed by atoms with Gasteiger partial charge in [0.2, 0.25) is 0 Å². The van der Waals surface area contributed by atoms with Gasteiger partial charge < -0.3 is 4.74 Å². The molecule has 1 fully saturated rings.